The van der Waals surface area contributed by atoms with E-state index in [2.05, 4.69) is 4.90 Å². The Morgan fingerprint density at radius 2 is 2.28 bits per heavy atom. The smallest absolute Gasteiger partial charge is 0.328 e. The first kappa shape index (κ1) is 14.9. The Bertz CT molecular complexity index is 412. The van der Waals surface area contributed by atoms with Crippen molar-refractivity contribution in [3.63, 3.8) is 0 Å². The van der Waals surface area contributed by atoms with Crippen molar-refractivity contribution in [2.75, 3.05) is 13.6 Å². The monoisotopic (exact) mass is 269 g/mol. The van der Waals surface area contributed by atoms with Crippen LogP contribution in [0.25, 0.3) is 6.08 Å². The van der Waals surface area contributed by atoms with Crippen LogP contribution in [0.4, 0.5) is 0 Å². The molecule has 0 saturated carbocycles. The van der Waals surface area contributed by atoms with Crippen molar-refractivity contribution in [3.05, 3.63) is 28.0 Å². The zero-order valence-electron chi connectivity index (χ0n) is 10.7. The summed E-state index contributed by atoms with van der Waals surface area (Å²) in [4.78, 5) is 14.7. The molecule has 1 heterocycles. The molecule has 0 spiro atoms. The predicted molar refractivity (Wildman–Crippen MR) is 73.6 cm³/mol. The molecule has 0 radical (unpaired) electrons. The minimum absolute atomic E-state index is 0.273. The van der Waals surface area contributed by atoms with Gasteiger partial charge in [-0.15, -0.1) is 11.3 Å². The SMILES string of the molecule is CC(O)CCN(C)Cc1ccc(/C=C/C(=O)O)s1. The van der Waals surface area contributed by atoms with Gasteiger partial charge in [-0.05, 0) is 38.6 Å². The number of carbonyl (C=O) groups is 1. The molecule has 0 aliphatic heterocycles. The van der Waals surface area contributed by atoms with Crippen LogP contribution < -0.4 is 0 Å². The lowest BCUT2D eigenvalue weighted by Crippen LogP contribution is -2.21. The molecule has 0 saturated heterocycles. The van der Waals surface area contributed by atoms with Crippen LogP contribution in [-0.4, -0.2) is 40.8 Å². The van der Waals surface area contributed by atoms with Gasteiger partial charge in [0.1, 0.15) is 0 Å². The number of thiophene rings is 1. The second kappa shape index (κ2) is 7.31. The summed E-state index contributed by atoms with van der Waals surface area (Å²) in [6, 6.07) is 3.92. The van der Waals surface area contributed by atoms with Gasteiger partial charge in [-0.25, -0.2) is 4.79 Å². The molecule has 1 unspecified atom stereocenters. The van der Waals surface area contributed by atoms with E-state index in [-0.39, 0.29) is 6.10 Å². The highest BCUT2D eigenvalue weighted by molar-refractivity contribution is 7.12. The van der Waals surface area contributed by atoms with Crippen molar-refractivity contribution in [3.8, 4) is 0 Å². The molecule has 18 heavy (non-hydrogen) atoms. The summed E-state index contributed by atoms with van der Waals surface area (Å²) < 4.78 is 0. The van der Waals surface area contributed by atoms with Crippen LogP contribution in [0.5, 0.6) is 0 Å². The third-order valence-corrected chi connectivity index (χ3v) is 3.46. The number of aliphatic hydroxyl groups excluding tert-OH is 1. The third-order valence-electron chi connectivity index (χ3n) is 2.43. The largest absolute Gasteiger partial charge is 0.478 e. The maximum atomic E-state index is 10.4. The van der Waals surface area contributed by atoms with E-state index in [4.69, 9.17) is 5.11 Å². The molecule has 0 amide bonds. The predicted octanol–water partition coefficient (Wildman–Crippen LogP) is 2.05. The molecule has 0 bridgehead atoms. The average Bonchev–Trinajstić information content (AvgIpc) is 2.71. The van der Waals surface area contributed by atoms with E-state index >= 15 is 0 Å². The molecule has 0 fully saturated rings. The molecule has 1 rings (SSSR count). The van der Waals surface area contributed by atoms with Crippen molar-refractivity contribution < 1.29 is 15.0 Å². The lowest BCUT2D eigenvalue weighted by molar-refractivity contribution is -0.131. The number of carboxylic acids is 1. The Labute approximate surface area is 111 Å². The Hall–Kier alpha value is -1.17. The molecule has 0 aliphatic carbocycles. The van der Waals surface area contributed by atoms with Crippen molar-refractivity contribution in [1.29, 1.82) is 0 Å². The van der Waals surface area contributed by atoms with Crippen LogP contribution in [0.15, 0.2) is 18.2 Å². The Morgan fingerprint density at radius 1 is 1.56 bits per heavy atom. The summed E-state index contributed by atoms with van der Waals surface area (Å²) in [6.45, 7) is 3.45. The number of hydrogen-bond donors (Lipinski definition) is 2. The number of aliphatic carboxylic acids is 1. The van der Waals surface area contributed by atoms with Crippen LogP contribution in [-0.2, 0) is 11.3 Å². The standard InChI is InChI=1S/C13H19NO3S/c1-10(15)7-8-14(2)9-12-4-3-11(18-12)5-6-13(16)17/h3-6,10,15H,7-9H2,1-2H3,(H,16,17)/b6-5+. The minimum atomic E-state index is -0.931. The van der Waals surface area contributed by atoms with Crippen molar-refractivity contribution in [2.45, 2.75) is 26.0 Å². The van der Waals surface area contributed by atoms with Crippen LogP contribution in [0.2, 0.25) is 0 Å². The molecule has 100 valence electrons. The van der Waals surface area contributed by atoms with E-state index in [1.165, 1.54) is 4.88 Å². The molecule has 4 nitrogen and oxygen atoms in total. The third kappa shape index (κ3) is 5.95. The fraction of sp³-hybridized carbons (Fsp3) is 0.462. The van der Waals surface area contributed by atoms with E-state index in [1.807, 2.05) is 19.2 Å². The van der Waals surface area contributed by atoms with Gasteiger partial charge in [0, 0.05) is 28.9 Å². The molecular weight excluding hydrogens is 250 g/mol. The maximum absolute atomic E-state index is 10.4. The van der Waals surface area contributed by atoms with Crippen molar-refractivity contribution in [2.24, 2.45) is 0 Å². The minimum Gasteiger partial charge on any atom is -0.478 e. The topological polar surface area (TPSA) is 60.8 Å². The number of hydrogen-bond acceptors (Lipinski definition) is 4. The molecular formula is C13H19NO3S. The molecule has 1 aromatic rings. The quantitative estimate of drug-likeness (QED) is 0.744. The van der Waals surface area contributed by atoms with Crippen LogP contribution in [0.1, 0.15) is 23.1 Å². The lowest BCUT2D eigenvalue weighted by Gasteiger charge is -2.16. The molecule has 1 aromatic heterocycles. The van der Waals surface area contributed by atoms with Gasteiger partial charge in [-0.3, -0.25) is 0 Å². The van der Waals surface area contributed by atoms with Gasteiger partial charge >= 0.3 is 5.97 Å². The summed E-state index contributed by atoms with van der Waals surface area (Å²) >= 11 is 1.58. The first-order valence-electron chi connectivity index (χ1n) is 5.83. The fourth-order valence-electron chi connectivity index (χ4n) is 1.47. The summed E-state index contributed by atoms with van der Waals surface area (Å²) in [5, 5.41) is 17.7. The van der Waals surface area contributed by atoms with Gasteiger partial charge in [0.2, 0.25) is 0 Å². The highest BCUT2D eigenvalue weighted by Gasteiger charge is 2.04. The second-order valence-corrected chi connectivity index (χ2v) is 5.55. The highest BCUT2D eigenvalue weighted by atomic mass is 32.1. The molecule has 0 aromatic carbocycles. The van der Waals surface area contributed by atoms with Gasteiger partial charge in [0.25, 0.3) is 0 Å². The van der Waals surface area contributed by atoms with Gasteiger partial charge in [0.05, 0.1) is 6.10 Å². The molecule has 0 aliphatic rings. The average molecular weight is 269 g/mol. The van der Waals surface area contributed by atoms with Gasteiger partial charge in [-0.2, -0.15) is 0 Å². The number of nitrogens with zero attached hydrogens (tertiary/aromatic N) is 1. The highest BCUT2D eigenvalue weighted by Crippen LogP contribution is 2.19. The number of carboxylic acid groups (broad SMARTS) is 1. The van der Waals surface area contributed by atoms with Crippen molar-refractivity contribution in [1.82, 2.24) is 4.90 Å². The second-order valence-electron chi connectivity index (χ2n) is 4.35. The fourth-order valence-corrected chi connectivity index (χ4v) is 2.47. The Morgan fingerprint density at radius 3 is 2.89 bits per heavy atom. The van der Waals surface area contributed by atoms with E-state index in [0.29, 0.717) is 0 Å². The van der Waals surface area contributed by atoms with E-state index in [1.54, 1.807) is 24.3 Å². The molecule has 1 atom stereocenters. The lowest BCUT2D eigenvalue weighted by atomic mass is 10.3. The zero-order chi connectivity index (χ0) is 13.5. The first-order valence-corrected chi connectivity index (χ1v) is 6.65. The normalized spacial score (nSPS) is 13.3. The first-order chi connectivity index (χ1) is 8.47. The zero-order valence-corrected chi connectivity index (χ0v) is 11.5. The number of rotatable bonds is 7. The summed E-state index contributed by atoms with van der Waals surface area (Å²) in [7, 11) is 2.01. The summed E-state index contributed by atoms with van der Waals surface area (Å²) in [5.74, 6) is -0.931. The Kier molecular flexibility index (Phi) is 6.04. The van der Waals surface area contributed by atoms with Gasteiger partial charge in [0.15, 0.2) is 0 Å². The molecule has 2 N–H and O–H groups in total. The Balaban J connectivity index is 2.45. The van der Waals surface area contributed by atoms with Gasteiger partial charge in [-0.1, -0.05) is 0 Å². The number of aliphatic hydroxyl groups is 1. The van der Waals surface area contributed by atoms with Gasteiger partial charge < -0.3 is 15.1 Å². The van der Waals surface area contributed by atoms with Crippen LogP contribution in [0.3, 0.4) is 0 Å². The maximum Gasteiger partial charge on any atom is 0.328 e. The van der Waals surface area contributed by atoms with Crippen LogP contribution in [0, 0.1) is 0 Å². The van der Waals surface area contributed by atoms with E-state index < -0.39 is 5.97 Å². The van der Waals surface area contributed by atoms with Crippen molar-refractivity contribution >= 4 is 23.4 Å². The van der Waals surface area contributed by atoms with E-state index in [0.717, 1.165) is 30.5 Å². The van der Waals surface area contributed by atoms with Crippen LogP contribution >= 0.6 is 11.3 Å². The molecule has 5 heteroatoms. The van der Waals surface area contributed by atoms with E-state index in [9.17, 15) is 9.90 Å². The summed E-state index contributed by atoms with van der Waals surface area (Å²) in [6.07, 6.45) is 3.23. The summed E-state index contributed by atoms with van der Waals surface area (Å²) in [5.41, 5.74) is 0.